The van der Waals surface area contributed by atoms with Crippen LogP contribution in [0.15, 0.2) is 0 Å². The Balaban J connectivity index is 1.89. The third-order valence-electron chi connectivity index (χ3n) is 5.00. The maximum absolute atomic E-state index is 12.6. The van der Waals surface area contributed by atoms with Crippen molar-refractivity contribution >= 4 is 5.91 Å². The maximum atomic E-state index is 12.6. The maximum Gasteiger partial charge on any atom is 0.241 e. The van der Waals surface area contributed by atoms with Crippen molar-refractivity contribution in [3.63, 3.8) is 0 Å². The van der Waals surface area contributed by atoms with E-state index in [1.165, 1.54) is 32.4 Å². The molecule has 0 aromatic carbocycles. The van der Waals surface area contributed by atoms with Crippen LogP contribution in [0.4, 0.5) is 0 Å². The first-order valence-electron chi connectivity index (χ1n) is 8.46. The molecular formula is C16H31N3O. The molecule has 3 atom stereocenters. The van der Waals surface area contributed by atoms with Crippen LogP contribution in [0.3, 0.4) is 0 Å². The monoisotopic (exact) mass is 281 g/mol. The van der Waals surface area contributed by atoms with E-state index in [-0.39, 0.29) is 12.2 Å². The predicted molar refractivity (Wildman–Crippen MR) is 82.5 cm³/mol. The molecule has 2 fully saturated rings. The van der Waals surface area contributed by atoms with E-state index in [0.717, 1.165) is 25.9 Å². The van der Waals surface area contributed by atoms with Crippen LogP contribution in [0, 0.1) is 5.92 Å². The molecule has 2 aliphatic heterocycles. The normalized spacial score (nSPS) is 29.9. The number of nitrogens with zero attached hydrogens (tertiary/aromatic N) is 2. The molecule has 1 N–H and O–H groups in total. The first-order chi connectivity index (χ1) is 9.67. The van der Waals surface area contributed by atoms with Crippen LogP contribution in [-0.4, -0.2) is 54.1 Å². The molecule has 2 aliphatic rings. The third kappa shape index (κ3) is 3.53. The van der Waals surface area contributed by atoms with Crippen LogP contribution in [0.1, 0.15) is 52.9 Å². The van der Waals surface area contributed by atoms with Crippen LogP contribution >= 0.6 is 0 Å². The zero-order chi connectivity index (χ0) is 14.5. The highest BCUT2D eigenvalue weighted by Gasteiger charge is 2.39. The fraction of sp³-hybridized carbons (Fsp3) is 0.938. The molecule has 2 saturated heterocycles. The molecular weight excluding hydrogens is 250 g/mol. The van der Waals surface area contributed by atoms with E-state index >= 15 is 0 Å². The lowest BCUT2D eigenvalue weighted by molar-refractivity contribution is -0.131. The Morgan fingerprint density at radius 1 is 1.20 bits per heavy atom. The zero-order valence-corrected chi connectivity index (χ0v) is 13.4. The lowest BCUT2D eigenvalue weighted by Crippen LogP contribution is -2.43. The minimum atomic E-state index is 0.0336. The molecule has 0 spiro atoms. The van der Waals surface area contributed by atoms with Gasteiger partial charge in [-0.25, -0.2) is 0 Å². The van der Waals surface area contributed by atoms with E-state index in [1.807, 2.05) is 0 Å². The second kappa shape index (κ2) is 7.41. The van der Waals surface area contributed by atoms with Crippen LogP contribution in [-0.2, 0) is 4.79 Å². The van der Waals surface area contributed by atoms with Crippen LogP contribution < -0.4 is 5.32 Å². The molecule has 0 saturated carbocycles. The molecule has 4 heteroatoms. The van der Waals surface area contributed by atoms with Gasteiger partial charge in [0.25, 0.3) is 0 Å². The first-order valence-corrected chi connectivity index (χ1v) is 8.46. The van der Waals surface area contributed by atoms with E-state index in [9.17, 15) is 4.79 Å². The molecule has 20 heavy (non-hydrogen) atoms. The number of nitrogens with one attached hydrogen (secondary N) is 1. The summed E-state index contributed by atoms with van der Waals surface area (Å²) in [5, 5.41) is 3.54. The van der Waals surface area contributed by atoms with Gasteiger partial charge in [-0.3, -0.25) is 10.1 Å². The van der Waals surface area contributed by atoms with Gasteiger partial charge in [0.05, 0.1) is 12.2 Å². The first kappa shape index (κ1) is 15.8. The van der Waals surface area contributed by atoms with Crippen LogP contribution in [0.2, 0.25) is 0 Å². The summed E-state index contributed by atoms with van der Waals surface area (Å²) in [6.45, 7) is 10.8. The van der Waals surface area contributed by atoms with Crippen molar-refractivity contribution in [1.82, 2.24) is 15.1 Å². The van der Waals surface area contributed by atoms with Gasteiger partial charge in [0.15, 0.2) is 0 Å². The van der Waals surface area contributed by atoms with Gasteiger partial charge in [0.2, 0.25) is 5.91 Å². The Bertz CT molecular complexity index is 315. The van der Waals surface area contributed by atoms with Crippen molar-refractivity contribution in [3.05, 3.63) is 0 Å². The van der Waals surface area contributed by atoms with E-state index in [1.54, 1.807) is 0 Å². The molecule has 2 rings (SSSR count). The standard InChI is InChI=1S/C16H31N3O/c1-4-13(3)15-16(20)19(14(5-2)17-15)12-11-18-9-7-6-8-10-18/h13-15,17H,4-12H2,1-3H3. The van der Waals surface area contributed by atoms with Crippen molar-refractivity contribution in [1.29, 1.82) is 0 Å². The Labute approximate surface area is 123 Å². The smallest absolute Gasteiger partial charge is 0.241 e. The molecule has 116 valence electrons. The number of likely N-dealkylation sites (tertiary alicyclic amines) is 1. The quantitative estimate of drug-likeness (QED) is 0.809. The van der Waals surface area contributed by atoms with Crippen LogP contribution in [0.5, 0.6) is 0 Å². The second-order valence-electron chi connectivity index (χ2n) is 6.39. The number of carbonyl (C=O) groups excluding carboxylic acids is 1. The highest BCUT2D eigenvalue weighted by molar-refractivity contribution is 5.84. The van der Waals surface area contributed by atoms with Crippen molar-refractivity contribution in [2.75, 3.05) is 26.2 Å². The summed E-state index contributed by atoms with van der Waals surface area (Å²) in [4.78, 5) is 17.2. The van der Waals surface area contributed by atoms with Crippen molar-refractivity contribution in [2.45, 2.75) is 65.1 Å². The molecule has 0 aliphatic carbocycles. The van der Waals surface area contributed by atoms with Crippen molar-refractivity contribution in [3.8, 4) is 0 Å². The minimum Gasteiger partial charge on any atom is -0.325 e. The summed E-state index contributed by atoms with van der Waals surface area (Å²) in [7, 11) is 0. The summed E-state index contributed by atoms with van der Waals surface area (Å²) in [5.41, 5.74) is 0. The number of amides is 1. The topological polar surface area (TPSA) is 35.6 Å². The Hall–Kier alpha value is -0.610. The van der Waals surface area contributed by atoms with E-state index < -0.39 is 0 Å². The number of carbonyl (C=O) groups is 1. The summed E-state index contributed by atoms with van der Waals surface area (Å²) < 4.78 is 0. The van der Waals surface area contributed by atoms with Crippen molar-refractivity contribution < 1.29 is 4.79 Å². The van der Waals surface area contributed by atoms with Gasteiger partial charge in [-0.05, 0) is 38.3 Å². The van der Waals surface area contributed by atoms with Gasteiger partial charge in [0.1, 0.15) is 0 Å². The van der Waals surface area contributed by atoms with Gasteiger partial charge in [-0.1, -0.05) is 33.6 Å². The summed E-state index contributed by atoms with van der Waals surface area (Å²) in [6.07, 6.45) is 6.30. The summed E-state index contributed by atoms with van der Waals surface area (Å²) in [5.74, 6) is 0.750. The molecule has 0 bridgehead atoms. The summed E-state index contributed by atoms with van der Waals surface area (Å²) >= 11 is 0. The number of piperidine rings is 1. The lowest BCUT2D eigenvalue weighted by Gasteiger charge is -2.30. The largest absolute Gasteiger partial charge is 0.325 e. The van der Waals surface area contributed by atoms with Gasteiger partial charge >= 0.3 is 0 Å². The highest BCUT2D eigenvalue weighted by atomic mass is 16.2. The molecule has 0 radical (unpaired) electrons. The zero-order valence-electron chi connectivity index (χ0n) is 13.4. The van der Waals surface area contributed by atoms with E-state index in [2.05, 4.69) is 35.9 Å². The Morgan fingerprint density at radius 3 is 2.50 bits per heavy atom. The molecule has 4 nitrogen and oxygen atoms in total. The minimum absolute atomic E-state index is 0.0336. The third-order valence-corrected chi connectivity index (χ3v) is 5.00. The number of hydrogen-bond donors (Lipinski definition) is 1. The van der Waals surface area contributed by atoms with Crippen LogP contribution in [0.25, 0.3) is 0 Å². The summed E-state index contributed by atoms with van der Waals surface area (Å²) in [6, 6.07) is 0.0336. The molecule has 0 aromatic rings. The highest BCUT2D eigenvalue weighted by Crippen LogP contribution is 2.21. The van der Waals surface area contributed by atoms with Gasteiger partial charge in [-0.2, -0.15) is 0 Å². The van der Waals surface area contributed by atoms with E-state index in [4.69, 9.17) is 0 Å². The van der Waals surface area contributed by atoms with Gasteiger partial charge < -0.3 is 9.80 Å². The van der Waals surface area contributed by atoms with Gasteiger partial charge in [0, 0.05) is 13.1 Å². The molecule has 2 heterocycles. The number of hydrogen-bond acceptors (Lipinski definition) is 3. The van der Waals surface area contributed by atoms with E-state index in [0.29, 0.717) is 11.8 Å². The van der Waals surface area contributed by atoms with Gasteiger partial charge in [-0.15, -0.1) is 0 Å². The SMILES string of the molecule is CCC(C)C1NC(CC)N(CCN2CCCCC2)C1=O. The Morgan fingerprint density at radius 2 is 1.90 bits per heavy atom. The fourth-order valence-electron chi connectivity index (χ4n) is 3.38. The fourth-order valence-corrected chi connectivity index (χ4v) is 3.38. The van der Waals surface area contributed by atoms with Crippen molar-refractivity contribution in [2.24, 2.45) is 5.92 Å². The Kier molecular flexibility index (Phi) is 5.85. The average Bonchev–Trinajstić information content (AvgIpc) is 2.81. The molecule has 3 unspecified atom stereocenters. The molecule has 1 amide bonds. The molecule has 0 aromatic heterocycles. The number of rotatable bonds is 6. The average molecular weight is 281 g/mol. The predicted octanol–water partition coefficient (Wildman–Crippen LogP) is 2.05. The second-order valence-corrected chi connectivity index (χ2v) is 6.39. The lowest BCUT2D eigenvalue weighted by atomic mass is 9.99.